The van der Waals surface area contributed by atoms with Crippen molar-refractivity contribution in [2.45, 2.75) is 38.4 Å². The predicted octanol–water partition coefficient (Wildman–Crippen LogP) is 4.56. The van der Waals surface area contributed by atoms with Crippen LogP contribution < -0.4 is 9.47 Å². The number of pyridine rings is 2. The largest absolute Gasteiger partial charge is 0.478 e. The SMILES string of the molecule is c1ccc(COc2ccc3ccc(OCCCCOC4CCCOC4)nc3n2)cc1. The van der Waals surface area contributed by atoms with Crippen molar-refractivity contribution < 1.29 is 18.9 Å². The van der Waals surface area contributed by atoms with Gasteiger partial charge in [-0.25, -0.2) is 0 Å². The van der Waals surface area contributed by atoms with Gasteiger partial charge in [0.2, 0.25) is 11.8 Å². The van der Waals surface area contributed by atoms with E-state index in [0.717, 1.165) is 56.5 Å². The molecule has 0 spiro atoms. The molecular weight excluding hydrogens is 380 g/mol. The van der Waals surface area contributed by atoms with Gasteiger partial charge >= 0.3 is 0 Å². The van der Waals surface area contributed by atoms with E-state index in [1.165, 1.54) is 0 Å². The van der Waals surface area contributed by atoms with Gasteiger partial charge in [-0.2, -0.15) is 9.97 Å². The first-order valence-electron chi connectivity index (χ1n) is 10.6. The molecule has 0 saturated carbocycles. The number of benzene rings is 1. The van der Waals surface area contributed by atoms with Crippen LogP contribution in [-0.2, 0) is 16.1 Å². The fraction of sp³-hybridized carbons (Fsp3) is 0.417. The van der Waals surface area contributed by atoms with Crippen LogP contribution in [0.15, 0.2) is 54.6 Å². The van der Waals surface area contributed by atoms with Gasteiger partial charge in [0, 0.05) is 30.7 Å². The Morgan fingerprint density at radius 2 is 1.63 bits per heavy atom. The first-order chi connectivity index (χ1) is 14.9. The molecule has 158 valence electrons. The summed E-state index contributed by atoms with van der Waals surface area (Å²) in [6.07, 6.45) is 4.32. The average Bonchev–Trinajstić information content (AvgIpc) is 2.81. The zero-order valence-electron chi connectivity index (χ0n) is 17.2. The van der Waals surface area contributed by atoms with Gasteiger partial charge in [0.1, 0.15) is 6.61 Å². The number of hydrogen-bond donors (Lipinski definition) is 0. The lowest BCUT2D eigenvalue weighted by Gasteiger charge is -2.22. The molecule has 1 atom stereocenters. The summed E-state index contributed by atoms with van der Waals surface area (Å²) in [7, 11) is 0. The summed E-state index contributed by atoms with van der Waals surface area (Å²) in [6, 6.07) is 17.7. The van der Waals surface area contributed by atoms with Crippen molar-refractivity contribution in [2.24, 2.45) is 0 Å². The minimum atomic E-state index is 0.256. The van der Waals surface area contributed by atoms with E-state index in [2.05, 4.69) is 9.97 Å². The second-order valence-electron chi connectivity index (χ2n) is 7.39. The Balaban J connectivity index is 1.23. The summed E-state index contributed by atoms with van der Waals surface area (Å²) in [5.74, 6) is 1.14. The Morgan fingerprint density at radius 1 is 0.867 bits per heavy atom. The average molecular weight is 408 g/mol. The zero-order chi connectivity index (χ0) is 20.4. The molecule has 0 amide bonds. The summed E-state index contributed by atoms with van der Waals surface area (Å²) < 4.78 is 22.9. The summed E-state index contributed by atoms with van der Waals surface area (Å²) in [5, 5.41) is 0.956. The molecule has 1 aromatic carbocycles. The number of aromatic nitrogens is 2. The van der Waals surface area contributed by atoms with Gasteiger partial charge in [-0.3, -0.25) is 0 Å². The molecule has 4 rings (SSSR count). The molecular formula is C24H28N2O4. The van der Waals surface area contributed by atoms with Crippen molar-refractivity contribution >= 4 is 11.0 Å². The number of rotatable bonds is 10. The molecule has 2 aromatic heterocycles. The lowest BCUT2D eigenvalue weighted by atomic mass is 10.2. The second kappa shape index (κ2) is 10.9. The van der Waals surface area contributed by atoms with E-state index in [0.29, 0.717) is 30.6 Å². The minimum absolute atomic E-state index is 0.256. The van der Waals surface area contributed by atoms with Gasteiger partial charge < -0.3 is 18.9 Å². The van der Waals surface area contributed by atoms with Crippen molar-refractivity contribution in [2.75, 3.05) is 26.4 Å². The third-order valence-corrected chi connectivity index (χ3v) is 4.99. The second-order valence-corrected chi connectivity index (χ2v) is 7.39. The van der Waals surface area contributed by atoms with E-state index in [-0.39, 0.29) is 6.10 Å². The van der Waals surface area contributed by atoms with Crippen LogP contribution in [0.2, 0.25) is 0 Å². The maximum atomic E-state index is 5.84. The van der Waals surface area contributed by atoms with E-state index < -0.39 is 0 Å². The lowest BCUT2D eigenvalue weighted by Crippen LogP contribution is -2.25. The third-order valence-electron chi connectivity index (χ3n) is 4.99. The molecule has 6 nitrogen and oxygen atoms in total. The maximum Gasteiger partial charge on any atom is 0.215 e. The highest BCUT2D eigenvalue weighted by atomic mass is 16.5. The van der Waals surface area contributed by atoms with Crippen molar-refractivity contribution in [3.05, 3.63) is 60.2 Å². The van der Waals surface area contributed by atoms with Crippen LogP contribution >= 0.6 is 0 Å². The van der Waals surface area contributed by atoms with E-state index in [1.54, 1.807) is 0 Å². The molecule has 1 aliphatic heterocycles. The first kappa shape index (κ1) is 20.6. The van der Waals surface area contributed by atoms with Crippen LogP contribution in [0.5, 0.6) is 11.8 Å². The highest BCUT2D eigenvalue weighted by Crippen LogP contribution is 2.19. The van der Waals surface area contributed by atoms with Crippen LogP contribution in [0.25, 0.3) is 11.0 Å². The van der Waals surface area contributed by atoms with Gasteiger partial charge in [0.25, 0.3) is 0 Å². The molecule has 0 radical (unpaired) electrons. The number of nitrogens with zero attached hydrogens (tertiary/aromatic N) is 2. The standard InChI is InChI=1S/C24H28N2O4/c1-2-7-19(8-3-1)17-30-23-13-11-20-10-12-22(25-24(20)26-23)29-16-5-4-15-28-21-9-6-14-27-18-21/h1-3,7-8,10-13,21H,4-6,9,14-18H2. The van der Waals surface area contributed by atoms with Crippen LogP contribution in [-0.4, -0.2) is 42.5 Å². The van der Waals surface area contributed by atoms with E-state index in [1.807, 2.05) is 54.6 Å². The van der Waals surface area contributed by atoms with Crippen molar-refractivity contribution in [3.8, 4) is 11.8 Å². The van der Waals surface area contributed by atoms with Gasteiger partial charge in [0.15, 0.2) is 5.65 Å². The van der Waals surface area contributed by atoms with Gasteiger partial charge in [-0.15, -0.1) is 0 Å². The normalized spacial score (nSPS) is 16.5. The molecule has 30 heavy (non-hydrogen) atoms. The van der Waals surface area contributed by atoms with E-state index in [4.69, 9.17) is 18.9 Å². The summed E-state index contributed by atoms with van der Waals surface area (Å²) in [5.41, 5.74) is 1.73. The van der Waals surface area contributed by atoms with Crippen LogP contribution in [0.3, 0.4) is 0 Å². The first-order valence-corrected chi connectivity index (χ1v) is 10.6. The molecule has 3 heterocycles. The molecule has 6 heteroatoms. The fourth-order valence-corrected chi connectivity index (χ4v) is 3.33. The summed E-state index contributed by atoms with van der Waals surface area (Å²) >= 11 is 0. The van der Waals surface area contributed by atoms with Crippen LogP contribution in [0, 0.1) is 0 Å². The molecule has 3 aromatic rings. The molecule has 1 unspecified atom stereocenters. The maximum absolute atomic E-state index is 5.84. The number of hydrogen-bond acceptors (Lipinski definition) is 6. The van der Waals surface area contributed by atoms with Crippen molar-refractivity contribution in [1.29, 1.82) is 0 Å². The van der Waals surface area contributed by atoms with Gasteiger partial charge in [0.05, 0.1) is 19.3 Å². The minimum Gasteiger partial charge on any atom is -0.478 e. The van der Waals surface area contributed by atoms with Crippen LogP contribution in [0.4, 0.5) is 0 Å². The lowest BCUT2D eigenvalue weighted by molar-refractivity contribution is -0.0510. The Hall–Kier alpha value is -2.70. The zero-order valence-corrected chi connectivity index (χ0v) is 17.2. The Kier molecular flexibility index (Phi) is 7.47. The number of unbranched alkanes of at least 4 members (excludes halogenated alkanes) is 1. The molecule has 1 fully saturated rings. The monoisotopic (exact) mass is 408 g/mol. The third kappa shape index (κ3) is 6.15. The Bertz CT molecular complexity index is 913. The molecule has 1 saturated heterocycles. The smallest absolute Gasteiger partial charge is 0.215 e. The van der Waals surface area contributed by atoms with Crippen molar-refractivity contribution in [3.63, 3.8) is 0 Å². The van der Waals surface area contributed by atoms with E-state index in [9.17, 15) is 0 Å². The highest BCUT2D eigenvalue weighted by Gasteiger charge is 2.13. The predicted molar refractivity (Wildman–Crippen MR) is 115 cm³/mol. The van der Waals surface area contributed by atoms with Gasteiger partial charge in [-0.05, 0) is 43.4 Å². The van der Waals surface area contributed by atoms with Crippen LogP contribution in [0.1, 0.15) is 31.2 Å². The molecule has 1 aliphatic rings. The topological polar surface area (TPSA) is 62.7 Å². The highest BCUT2D eigenvalue weighted by molar-refractivity contribution is 5.75. The molecule has 0 bridgehead atoms. The van der Waals surface area contributed by atoms with Gasteiger partial charge in [-0.1, -0.05) is 30.3 Å². The molecule has 0 N–H and O–H groups in total. The summed E-state index contributed by atoms with van der Waals surface area (Å²) in [4.78, 5) is 9.04. The van der Waals surface area contributed by atoms with E-state index >= 15 is 0 Å². The fourth-order valence-electron chi connectivity index (χ4n) is 3.33. The molecule has 0 aliphatic carbocycles. The quantitative estimate of drug-likeness (QED) is 0.458. The summed E-state index contributed by atoms with van der Waals surface area (Å²) in [6.45, 7) is 3.41. The van der Waals surface area contributed by atoms with Crippen molar-refractivity contribution in [1.82, 2.24) is 9.97 Å². The Labute approximate surface area is 177 Å². The number of fused-ring (bicyclic) bond motifs is 1. The Morgan fingerprint density at radius 3 is 2.40 bits per heavy atom. The number of ether oxygens (including phenoxy) is 4.